The SMILES string of the molecule is CSC(C)CCn1c(C(C)Cl)nc2c(C)cccc21. The molecule has 0 N–H and O–H groups in total. The van der Waals surface area contributed by atoms with E-state index >= 15 is 0 Å². The van der Waals surface area contributed by atoms with Gasteiger partial charge in [0.2, 0.25) is 0 Å². The van der Waals surface area contributed by atoms with Gasteiger partial charge in [-0.25, -0.2) is 4.98 Å². The van der Waals surface area contributed by atoms with Gasteiger partial charge in [0, 0.05) is 11.8 Å². The molecule has 1 aromatic carbocycles. The van der Waals surface area contributed by atoms with E-state index < -0.39 is 0 Å². The molecule has 0 saturated carbocycles. The summed E-state index contributed by atoms with van der Waals surface area (Å²) in [6.45, 7) is 7.34. The Bertz CT molecular complexity index is 563. The summed E-state index contributed by atoms with van der Waals surface area (Å²) in [7, 11) is 0. The van der Waals surface area contributed by atoms with Gasteiger partial charge >= 0.3 is 0 Å². The lowest BCUT2D eigenvalue weighted by Gasteiger charge is -2.13. The first-order valence-corrected chi connectivity index (χ1v) is 8.39. The Morgan fingerprint density at radius 3 is 2.74 bits per heavy atom. The second-order valence-electron chi connectivity index (χ2n) is 5.02. The van der Waals surface area contributed by atoms with Gasteiger partial charge in [-0.15, -0.1) is 11.6 Å². The van der Waals surface area contributed by atoms with Crippen LogP contribution in [0.4, 0.5) is 0 Å². The lowest BCUT2D eigenvalue weighted by Crippen LogP contribution is -2.08. The molecule has 0 aliphatic rings. The second kappa shape index (κ2) is 6.19. The monoisotopic (exact) mass is 296 g/mol. The summed E-state index contributed by atoms with van der Waals surface area (Å²) in [5.74, 6) is 0.985. The Balaban J connectivity index is 2.44. The molecule has 1 aromatic heterocycles. The maximum atomic E-state index is 6.29. The molecule has 0 fully saturated rings. The standard InChI is InChI=1S/C15H21ClN2S/c1-10-6-5-7-13-14(10)17-15(12(3)16)18(13)9-8-11(2)19-4/h5-7,11-12H,8-9H2,1-4H3. The van der Waals surface area contributed by atoms with Crippen LogP contribution in [0.25, 0.3) is 11.0 Å². The zero-order valence-corrected chi connectivity index (χ0v) is 13.6. The zero-order chi connectivity index (χ0) is 14.0. The minimum absolute atomic E-state index is 0.0589. The molecule has 1 heterocycles. The van der Waals surface area contributed by atoms with Crippen LogP contribution in [0, 0.1) is 6.92 Å². The summed E-state index contributed by atoms with van der Waals surface area (Å²) in [6.07, 6.45) is 3.29. The first-order chi connectivity index (χ1) is 9.04. The summed E-state index contributed by atoms with van der Waals surface area (Å²) in [5, 5.41) is 0.595. The van der Waals surface area contributed by atoms with Crippen molar-refractivity contribution in [1.29, 1.82) is 0 Å². The van der Waals surface area contributed by atoms with Crippen LogP contribution >= 0.6 is 23.4 Å². The van der Waals surface area contributed by atoms with Crippen molar-refractivity contribution >= 4 is 34.4 Å². The summed E-state index contributed by atoms with van der Waals surface area (Å²) in [4.78, 5) is 4.74. The Hall–Kier alpha value is -0.670. The number of nitrogens with zero attached hydrogens (tertiary/aromatic N) is 2. The van der Waals surface area contributed by atoms with Crippen molar-refractivity contribution < 1.29 is 0 Å². The zero-order valence-electron chi connectivity index (χ0n) is 12.0. The van der Waals surface area contributed by atoms with Crippen molar-refractivity contribution in [3.05, 3.63) is 29.6 Å². The van der Waals surface area contributed by atoms with Crippen molar-refractivity contribution in [2.45, 2.75) is 44.4 Å². The molecule has 19 heavy (non-hydrogen) atoms. The maximum Gasteiger partial charge on any atom is 0.127 e. The number of hydrogen-bond acceptors (Lipinski definition) is 2. The van der Waals surface area contributed by atoms with Crippen molar-refractivity contribution in [2.24, 2.45) is 0 Å². The highest BCUT2D eigenvalue weighted by Gasteiger charge is 2.16. The molecule has 2 aromatic rings. The molecular weight excluding hydrogens is 276 g/mol. The van der Waals surface area contributed by atoms with Crippen LogP contribution in [0.15, 0.2) is 18.2 Å². The van der Waals surface area contributed by atoms with Gasteiger partial charge in [-0.3, -0.25) is 0 Å². The van der Waals surface area contributed by atoms with Gasteiger partial charge in [-0.05, 0) is 38.2 Å². The Morgan fingerprint density at radius 1 is 1.37 bits per heavy atom. The molecule has 4 heteroatoms. The van der Waals surface area contributed by atoms with Crippen molar-refractivity contribution in [3.63, 3.8) is 0 Å². The molecule has 0 spiro atoms. The number of halogens is 1. The highest BCUT2D eigenvalue weighted by molar-refractivity contribution is 7.99. The quantitative estimate of drug-likeness (QED) is 0.739. The third-order valence-corrected chi connectivity index (χ3v) is 4.76. The van der Waals surface area contributed by atoms with Gasteiger partial charge in [0.1, 0.15) is 5.82 Å². The average Bonchev–Trinajstić information content (AvgIpc) is 2.76. The molecule has 0 amide bonds. The minimum Gasteiger partial charge on any atom is -0.327 e. The van der Waals surface area contributed by atoms with Gasteiger partial charge in [0.05, 0.1) is 16.4 Å². The van der Waals surface area contributed by atoms with Crippen LogP contribution in [-0.4, -0.2) is 21.1 Å². The first-order valence-electron chi connectivity index (χ1n) is 6.67. The molecular formula is C15H21ClN2S. The molecule has 2 unspecified atom stereocenters. The Kier molecular flexibility index (Phi) is 4.80. The molecule has 0 saturated heterocycles. The topological polar surface area (TPSA) is 17.8 Å². The third-order valence-electron chi connectivity index (χ3n) is 3.53. The lowest BCUT2D eigenvalue weighted by atomic mass is 10.2. The second-order valence-corrected chi connectivity index (χ2v) is 6.95. The maximum absolute atomic E-state index is 6.29. The molecule has 0 radical (unpaired) electrons. The number of aromatic nitrogens is 2. The van der Waals surface area contributed by atoms with E-state index in [1.54, 1.807) is 0 Å². The normalized spacial score (nSPS) is 14.8. The van der Waals surface area contributed by atoms with Crippen LogP contribution in [0.2, 0.25) is 0 Å². The summed E-state index contributed by atoms with van der Waals surface area (Å²) in [6, 6.07) is 6.34. The number of hydrogen-bond donors (Lipinski definition) is 0. The fourth-order valence-electron chi connectivity index (χ4n) is 2.27. The van der Waals surface area contributed by atoms with Gasteiger partial charge in [0.25, 0.3) is 0 Å². The number of imidazole rings is 1. The fourth-order valence-corrected chi connectivity index (χ4v) is 2.78. The van der Waals surface area contributed by atoms with Crippen LogP contribution < -0.4 is 0 Å². The van der Waals surface area contributed by atoms with Crippen LogP contribution in [0.5, 0.6) is 0 Å². The number of benzene rings is 1. The molecule has 2 rings (SSSR count). The summed E-state index contributed by atoms with van der Waals surface area (Å²) in [5.41, 5.74) is 3.50. The molecule has 2 atom stereocenters. The summed E-state index contributed by atoms with van der Waals surface area (Å²) < 4.78 is 2.28. The first kappa shape index (κ1) is 14.7. The summed E-state index contributed by atoms with van der Waals surface area (Å²) >= 11 is 8.20. The smallest absolute Gasteiger partial charge is 0.127 e. The molecule has 104 valence electrons. The van der Waals surface area contributed by atoms with Gasteiger partial charge < -0.3 is 4.57 Å². The van der Waals surface area contributed by atoms with Gasteiger partial charge in [-0.2, -0.15) is 11.8 Å². The molecule has 0 aliphatic carbocycles. The number of para-hydroxylation sites is 1. The van der Waals surface area contributed by atoms with E-state index in [0.717, 1.165) is 24.3 Å². The van der Waals surface area contributed by atoms with Gasteiger partial charge in [0.15, 0.2) is 0 Å². The highest BCUT2D eigenvalue weighted by atomic mass is 35.5. The predicted molar refractivity (Wildman–Crippen MR) is 86.3 cm³/mol. The largest absolute Gasteiger partial charge is 0.327 e. The van der Waals surface area contributed by atoms with E-state index in [-0.39, 0.29) is 5.38 Å². The number of aryl methyl sites for hydroxylation is 2. The van der Waals surface area contributed by atoms with E-state index in [4.69, 9.17) is 16.6 Å². The Morgan fingerprint density at radius 2 is 2.11 bits per heavy atom. The van der Waals surface area contributed by atoms with Crippen molar-refractivity contribution in [3.8, 4) is 0 Å². The van der Waals surface area contributed by atoms with Crippen molar-refractivity contribution in [1.82, 2.24) is 9.55 Å². The number of alkyl halides is 1. The van der Waals surface area contributed by atoms with E-state index in [1.807, 2.05) is 18.7 Å². The average molecular weight is 297 g/mol. The molecule has 0 aliphatic heterocycles. The van der Waals surface area contributed by atoms with Gasteiger partial charge in [-0.1, -0.05) is 19.1 Å². The highest BCUT2D eigenvalue weighted by Crippen LogP contribution is 2.27. The van der Waals surface area contributed by atoms with E-state index in [0.29, 0.717) is 5.25 Å². The minimum atomic E-state index is -0.0589. The van der Waals surface area contributed by atoms with Crippen molar-refractivity contribution in [2.75, 3.05) is 6.26 Å². The van der Waals surface area contributed by atoms with E-state index in [9.17, 15) is 0 Å². The van der Waals surface area contributed by atoms with Crippen LogP contribution in [-0.2, 0) is 6.54 Å². The van der Waals surface area contributed by atoms with E-state index in [1.165, 1.54) is 11.1 Å². The molecule has 0 bridgehead atoms. The lowest BCUT2D eigenvalue weighted by molar-refractivity contribution is 0.623. The number of fused-ring (bicyclic) bond motifs is 1. The van der Waals surface area contributed by atoms with E-state index in [2.05, 4.69) is 42.9 Å². The number of rotatable bonds is 5. The van der Waals surface area contributed by atoms with Crippen LogP contribution in [0.3, 0.4) is 0 Å². The third kappa shape index (κ3) is 3.09. The molecule has 2 nitrogen and oxygen atoms in total. The number of thioether (sulfide) groups is 1. The predicted octanol–water partition coefficient (Wildman–Crippen LogP) is 4.79. The Labute approximate surface area is 124 Å². The fraction of sp³-hybridized carbons (Fsp3) is 0.533. The van der Waals surface area contributed by atoms with Crippen LogP contribution in [0.1, 0.15) is 37.0 Å².